The van der Waals surface area contributed by atoms with Crippen molar-refractivity contribution in [2.45, 2.75) is 91.3 Å². The summed E-state index contributed by atoms with van der Waals surface area (Å²) in [6.45, 7) is 11.1. The first-order valence-corrected chi connectivity index (χ1v) is 11.9. The number of allylic oxidation sites excluding steroid dienone is 1. The molecule has 0 spiro atoms. The van der Waals surface area contributed by atoms with Gasteiger partial charge in [-0.15, -0.1) is 0 Å². The second kappa shape index (κ2) is 6.33. The van der Waals surface area contributed by atoms with E-state index in [1.54, 1.807) is 5.57 Å². The molecule has 0 amide bonds. The fourth-order valence-electron chi connectivity index (χ4n) is 8.96. The van der Waals surface area contributed by atoms with Crippen molar-refractivity contribution in [2.75, 3.05) is 6.61 Å². The first-order chi connectivity index (χ1) is 12.9. The molecule has 0 aromatic carbocycles. The molecule has 5 aliphatic rings. The highest BCUT2D eigenvalue weighted by Gasteiger charge is 2.63. The van der Waals surface area contributed by atoms with Crippen molar-refractivity contribution >= 4 is 0 Å². The number of hydrogen-bond acceptors (Lipinski definition) is 2. The molecular weight excluding hydrogens is 332 g/mol. The Morgan fingerprint density at radius 1 is 1.19 bits per heavy atom. The molecule has 2 nitrogen and oxygen atoms in total. The van der Waals surface area contributed by atoms with Crippen molar-refractivity contribution in [1.29, 1.82) is 0 Å². The average Bonchev–Trinajstić information content (AvgIpc) is 2.96. The number of fused-ring (bicyclic) bond motifs is 7. The maximum absolute atomic E-state index is 10.2. The molecule has 2 heteroatoms. The minimum absolute atomic E-state index is 0.0932. The lowest BCUT2D eigenvalue weighted by Crippen LogP contribution is -2.52. The van der Waals surface area contributed by atoms with Crippen molar-refractivity contribution in [3.8, 4) is 0 Å². The van der Waals surface area contributed by atoms with Gasteiger partial charge in [-0.2, -0.15) is 0 Å². The van der Waals surface area contributed by atoms with Crippen LogP contribution in [0.2, 0.25) is 0 Å². The first-order valence-electron chi connectivity index (χ1n) is 11.9. The van der Waals surface area contributed by atoms with Crippen molar-refractivity contribution in [2.24, 2.45) is 46.3 Å². The van der Waals surface area contributed by atoms with Crippen LogP contribution in [0.15, 0.2) is 11.6 Å². The van der Waals surface area contributed by atoms with Gasteiger partial charge < -0.3 is 9.84 Å². The minimum Gasteiger partial charge on any atom is -0.393 e. The maximum Gasteiger partial charge on any atom is 0.0614 e. The quantitative estimate of drug-likeness (QED) is 0.607. The van der Waals surface area contributed by atoms with Gasteiger partial charge in [0, 0.05) is 0 Å². The third kappa shape index (κ3) is 2.51. The molecule has 27 heavy (non-hydrogen) atoms. The molecule has 1 N–H and O–H groups in total. The van der Waals surface area contributed by atoms with Crippen LogP contribution >= 0.6 is 0 Å². The van der Waals surface area contributed by atoms with Crippen molar-refractivity contribution in [3.05, 3.63) is 11.6 Å². The van der Waals surface area contributed by atoms with Crippen molar-refractivity contribution in [3.63, 3.8) is 0 Å². The predicted molar refractivity (Wildman–Crippen MR) is 109 cm³/mol. The van der Waals surface area contributed by atoms with Crippen LogP contribution in [0, 0.1) is 46.3 Å². The number of ether oxygens (including phenoxy) is 1. The lowest BCUT2D eigenvalue weighted by atomic mass is 9.46. The second-order valence-electron chi connectivity index (χ2n) is 11.4. The summed E-state index contributed by atoms with van der Waals surface area (Å²) in [7, 11) is 0. The summed E-state index contributed by atoms with van der Waals surface area (Å²) in [5, 5.41) is 10.2. The van der Waals surface area contributed by atoms with Crippen LogP contribution in [0.3, 0.4) is 0 Å². The highest BCUT2D eigenvalue weighted by atomic mass is 16.5. The first kappa shape index (κ1) is 18.7. The van der Waals surface area contributed by atoms with Gasteiger partial charge in [0.15, 0.2) is 0 Å². The van der Waals surface area contributed by atoms with E-state index >= 15 is 0 Å². The largest absolute Gasteiger partial charge is 0.393 e. The second-order valence-corrected chi connectivity index (χ2v) is 11.4. The average molecular weight is 373 g/mol. The van der Waals surface area contributed by atoms with Gasteiger partial charge in [-0.1, -0.05) is 45.8 Å². The van der Waals surface area contributed by atoms with Crippen LogP contribution < -0.4 is 0 Å². The van der Waals surface area contributed by atoms with E-state index in [0.29, 0.717) is 16.9 Å². The molecule has 4 aliphatic carbocycles. The van der Waals surface area contributed by atoms with E-state index in [9.17, 15) is 5.11 Å². The number of aliphatic hydroxyl groups is 1. The Morgan fingerprint density at radius 2 is 2.00 bits per heavy atom. The van der Waals surface area contributed by atoms with Crippen LogP contribution in [-0.4, -0.2) is 23.9 Å². The predicted octanol–water partition coefficient (Wildman–Crippen LogP) is 5.60. The number of aliphatic hydroxyl groups excluding tert-OH is 1. The van der Waals surface area contributed by atoms with E-state index in [1.807, 2.05) is 0 Å². The molecule has 4 fully saturated rings. The Hall–Kier alpha value is -0.340. The summed E-state index contributed by atoms with van der Waals surface area (Å²) in [5.74, 6) is 4.86. The number of rotatable bonds is 1. The van der Waals surface area contributed by atoms with E-state index < -0.39 is 0 Å². The van der Waals surface area contributed by atoms with Crippen LogP contribution in [0.5, 0.6) is 0 Å². The monoisotopic (exact) mass is 372 g/mol. The zero-order chi connectivity index (χ0) is 19.0. The van der Waals surface area contributed by atoms with Crippen LogP contribution in [0.1, 0.15) is 79.1 Å². The van der Waals surface area contributed by atoms with Gasteiger partial charge in [-0.05, 0) is 91.3 Å². The normalized spacial score (nSPS) is 57.1. The summed E-state index contributed by atoms with van der Waals surface area (Å²) in [6, 6.07) is 0. The lowest BCUT2D eigenvalue weighted by Gasteiger charge is -2.58. The lowest BCUT2D eigenvalue weighted by molar-refractivity contribution is -0.114. The van der Waals surface area contributed by atoms with E-state index in [1.165, 1.54) is 38.5 Å². The molecule has 10 atom stereocenters. The van der Waals surface area contributed by atoms with Gasteiger partial charge in [0.25, 0.3) is 0 Å². The third-order valence-corrected chi connectivity index (χ3v) is 10.5. The van der Waals surface area contributed by atoms with Crippen LogP contribution in [0.25, 0.3) is 0 Å². The number of hydrogen-bond donors (Lipinski definition) is 1. The van der Waals surface area contributed by atoms with E-state index in [0.717, 1.165) is 55.0 Å². The highest BCUT2D eigenvalue weighted by Crippen LogP contribution is 2.68. The molecule has 0 bridgehead atoms. The van der Waals surface area contributed by atoms with Crippen molar-refractivity contribution < 1.29 is 9.84 Å². The summed E-state index contributed by atoms with van der Waals surface area (Å²) >= 11 is 0. The molecule has 3 saturated carbocycles. The van der Waals surface area contributed by atoms with Crippen LogP contribution in [-0.2, 0) is 4.74 Å². The highest BCUT2D eigenvalue weighted by molar-refractivity contribution is 5.26. The molecule has 0 aromatic heterocycles. The summed E-state index contributed by atoms with van der Waals surface area (Å²) < 4.78 is 6.51. The summed E-state index contributed by atoms with van der Waals surface area (Å²) in [5.41, 5.74) is 2.43. The smallest absolute Gasteiger partial charge is 0.0614 e. The Morgan fingerprint density at radius 3 is 2.78 bits per heavy atom. The zero-order valence-electron chi connectivity index (χ0n) is 17.9. The molecule has 1 saturated heterocycles. The van der Waals surface area contributed by atoms with Gasteiger partial charge in [0.1, 0.15) is 0 Å². The van der Waals surface area contributed by atoms with Gasteiger partial charge >= 0.3 is 0 Å². The molecule has 1 aliphatic heterocycles. The fraction of sp³-hybridized carbons (Fsp3) is 0.920. The minimum atomic E-state index is -0.0932. The fourth-order valence-corrected chi connectivity index (χ4v) is 8.96. The van der Waals surface area contributed by atoms with Gasteiger partial charge in [0.2, 0.25) is 0 Å². The maximum atomic E-state index is 10.2. The van der Waals surface area contributed by atoms with Crippen molar-refractivity contribution in [1.82, 2.24) is 0 Å². The van der Waals surface area contributed by atoms with Crippen LogP contribution in [0.4, 0.5) is 0 Å². The molecule has 1 heterocycles. The molecule has 152 valence electrons. The summed E-state index contributed by atoms with van der Waals surface area (Å²) in [4.78, 5) is 0. The molecule has 5 rings (SSSR count). The van der Waals surface area contributed by atoms with E-state index in [2.05, 4.69) is 33.8 Å². The standard InChI is InChI=1S/C25H40O2/c1-5-16-14-27-22-13-21-19-7-6-17-12-18(26)8-10-24(17,3)20(19)9-11-25(21,4)23(22)15(16)2/h6,15-16,18-23,26H,5,7-14H2,1-4H3. The van der Waals surface area contributed by atoms with Gasteiger partial charge in [0.05, 0.1) is 18.8 Å². The van der Waals surface area contributed by atoms with E-state index in [-0.39, 0.29) is 6.10 Å². The zero-order valence-corrected chi connectivity index (χ0v) is 17.9. The topological polar surface area (TPSA) is 29.5 Å². The Balaban J connectivity index is 1.46. The molecular formula is C25H40O2. The third-order valence-electron chi connectivity index (χ3n) is 10.5. The Kier molecular flexibility index (Phi) is 4.38. The molecule has 10 unspecified atom stereocenters. The Bertz CT molecular complexity index is 626. The van der Waals surface area contributed by atoms with Gasteiger partial charge in [-0.3, -0.25) is 0 Å². The van der Waals surface area contributed by atoms with Gasteiger partial charge in [-0.25, -0.2) is 0 Å². The SMILES string of the molecule is CCC1COC2CC3C4CC=C5CC(O)CCC5(C)C4CCC3(C)C2C1C. The summed E-state index contributed by atoms with van der Waals surface area (Å²) in [6.07, 6.45) is 12.8. The Labute approximate surface area is 166 Å². The molecule has 0 aromatic rings. The molecule has 0 radical (unpaired) electrons. The van der Waals surface area contributed by atoms with E-state index in [4.69, 9.17) is 4.74 Å².